The molecule has 186 valence electrons. The second-order valence-electron chi connectivity index (χ2n) is 8.19. The number of aromatic nitrogens is 2. The predicted molar refractivity (Wildman–Crippen MR) is 118 cm³/mol. The third-order valence-corrected chi connectivity index (χ3v) is 6.57. The Hall–Kier alpha value is -2.89. The summed E-state index contributed by atoms with van der Waals surface area (Å²) in [6.07, 6.45) is -2.44. The molecule has 0 bridgehead atoms. The van der Waals surface area contributed by atoms with Crippen molar-refractivity contribution in [3.63, 3.8) is 0 Å². The zero-order valence-electron chi connectivity index (χ0n) is 19.2. The molecule has 1 N–H and O–H groups in total. The SMILES string of the molecule is CCCOC(=O)c1c(NC(=O)C(C)Cn2nc(C(F)(F)F)cc2C2CC2)sc(C(=O)OC)c1C. The Balaban J connectivity index is 1.83. The van der Waals surface area contributed by atoms with E-state index in [-0.39, 0.29) is 34.5 Å². The second kappa shape index (κ2) is 10.2. The van der Waals surface area contributed by atoms with Crippen molar-refractivity contribution in [1.29, 1.82) is 0 Å². The van der Waals surface area contributed by atoms with Crippen LogP contribution < -0.4 is 5.32 Å². The van der Waals surface area contributed by atoms with Crippen molar-refractivity contribution >= 4 is 34.2 Å². The summed E-state index contributed by atoms with van der Waals surface area (Å²) in [5, 5.41) is 6.44. The van der Waals surface area contributed by atoms with Crippen LogP contribution in [0, 0.1) is 12.8 Å². The first kappa shape index (κ1) is 25.7. The zero-order chi connectivity index (χ0) is 25.2. The molecular weight excluding hydrogens is 475 g/mol. The second-order valence-corrected chi connectivity index (χ2v) is 9.21. The Morgan fingerprint density at radius 3 is 2.53 bits per heavy atom. The molecule has 12 heteroatoms. The number of anilines is 1. The van der Waals surface area contributed by atoms with Crippen LogP contribution in [0.2, 0.25) is 0 Å². The summed E-state index contributed by atoms with van der Waals surface area (Å²) in [4.78, 5) is 37.8. The Labute approximate surface area is 198 Å². The van der Waals surface area contributed by atoms with E-state index in [0.29, 0.717) is 17.7 Å². The number of methoxy groups -OCH3 is 1. The van der Waals surface area contributed by atoms with Gasteiger partial charge in [0.05, 0.1) is 31.7 Å². The third kappa shape index (κ3) is 5.60. The van der Waals surface area contributed by atoms with E-state index in [9.17, 15) is 27.6 Å². The number of thiophene rings is 1. The quantitative estimate of drug-likeness (QED) is 0.497. The third-order valence-electron chi connectivity index (χ3n) is 5.39. The van der Waals surface area contributed by atoms with Gasteiger partial charge < -0.3 is 14.8 Å². The van der Waals surface area contributed by atoms with Crippen LogP contribution >= 0.6 is 11.3 Å². The number of alkyl halides is 3. The highest BCUT2D eigenvalue weighted by Gasteiger charge is 2.38. The van der Waals surface area contributed by atoms with Crippen molar-refractivity contribution < 1.29 is 37.0 Å². The van der Waals surface area contributed by atoms with Gasteiger partial charge in [0, 0.05) is 11.6 Å². The number of nitrogens with zero attached hydrogens (tertiary/aromatic N) is 2. The molecule has 1 unspecified atom stereocenters. The Kier molecular flexibility index (Phi) is 7.69. The van der Waals surface area contributed by atoms with Crippen molar-refractivity contribution in [3.05, 3.63) is 33.5 Å². The molecule has 0 spiro atoms. The number of hydrogen-bond donors (Lipinski definition) is 1. The number of carbonyl (C=O) groups is 3. The topological polar surface area (TPSA) is 99.5 Å². The Bertz CT molecular complexity index is 1090. The summed E-state index contributed by atoms with van der Waals surface area (Å²) in [7, 11) is 1.20. The number of halogens is 3. The molecule has 2 aromatic heterocycles. The molecule has 0 aromatic carbocycles. The van der Waals surface area contributed by atoms with Crippen molar-refractivity contribution in [1.82, 2.24) is 9.78 Å². The molecule has 1 atom stereocenters. The van der Waals surface area contributed by atoms with Gasteiger partial charge in [-0.15, -0.1) is 11.3 Å². The molecule has 1 aliphatic carbocycles. The van der Waals surface area contributed by atoms with Gasteiger partial charge in [-0.3, -0.25) is 9.48 Å². The van der Waals surface area contributed by atoms with Crippen LogP contribution in [0.4, 0.5) is 18.2 Å². The van der Waals surface area contributed by atoms with Gasteiger partial charge in [-0.05, 0) is 37.8 Å². The summed E-state index contributed by atoms with van der Waals surface area (Å²) in [6, 6.07) is 1.04. The molecule has 8 nitrogen and oxygen atoms in total. The van der Waals surface area contributed by atoms with Crippen molar-refractivity contribution in [3.8, 4) is 0 Å². The number of rotatable bonds is 9. The minimum Gasteiger partial charge on any atom is -0.465 e. The number of esters is 2. The predicted octanol–water partition coefficient (Wildman–Crippen LogP) is 4.78. The fraction of sp³-hybridized carbons (Fsp3) is 0.545. The molecule has 2 aromatic rings. The normalized spacial score (nSPS) is 14.6. The molecular formula is C22H26F3N3O5S. The highest BCUT2D eigenvalue weighted by molar-refractivity contribution is 7.18. The lowest BCUT2D eigenvalue weighted by molar-refractivity contribution is -0.141. The number of ether oxygens (including phenoxy) is 2. The first-order valence-corrected chi connectivity index (χ1v) is 11.6. The molecule has 34 heavy (non-hydrogen) atoms. The van der Waals surface area contributed by atoms with Crippen LogP contribution in [0.1, 0.15) is 76.0 Å². The molecule has 1 saturated carbocycles. The monoisotopic (exact) mass is 501 g/mol. The van der Waals surface area contributed by atoms with Crippen molar-refractivity contribution in [2.45, 2.75) is 58.7 Å². The van der Waals surface area contributed by atoms with Crippen LogP contribution in [-0.4, -0.2) is 41.3 Å². The van der Waals surface area contributed by atoms with Gasteiger partial charge in [0.2, 0.25) is 5.91 Å². The van der Waals surface area contributed by atoms with Crippen LogP contribution in [-0.2, 0) is 27.0 Å². The molecule has 0 aliphatic heterocycles. The summed E-state index contributed by atoms with van der Waals surface area (Å²) in [5.41, 5.74) is -0.161. The zero-order valence-corrected chi connectivity index (χ0v) is 20.1. The average Bonchev–Trinajstić information content (AvgIpc) is 3.44. The molecule has 1 fully saturated rings. The highest BCUT2D eigenvalue weighted by atomic mass is 32.1. The van der Waals surface area contributed by atoms with Gasteiger partial charge in [-0.1, -0.05) is 13.8 Å². The lowest BCUT2D eigenvalue weighted by Crippen LogP contribution is -2.26. The van der Waals surface area contributed by atoms with Crippen molar-refractivity contribution in [2.75, 3.05) is 19.0 Å². The fourth-order valence-corrected chi connectivity index (χ4v) is 4.52. The summed E-state index contributed by atoms with van der Waals surface area (Å²) < 4.78 is 50.6. The van der Waals surface area contributed by atoms with E-state index in [2.05, 4.69) is 10.4 Å². The fourth-order valence-electron chi connectivity index (χ4n) is 3.40. The van der Waals surface area contributed by atoms with E-state index in [1.54, 1.807) is 13.8 Å². The van der Waals surface area contributed by atoms with Crippen molar-refractivity contribution in [2.24, 2.45) is 5.92 Å². The molecule has 3 rings (SSSR count). The van der Waals surface area contributed by atoms with E-state index in [1.807, 2.05) is 6.92 Å². The lowest BCUT2D eigenvalue weighted by Gasteiger charge is -2.14. The van der Waals surface area contributed by atoms with E-state index >= 15 is 0 Å². The minimum atomic E-state index is -4.58. The minimum absolute atomic E-state index is 0.00126. The van der Waals surface area contributed by atoms with Gasteiger partial charge in [-0.2, -0.15) is 18.3 Å². The first-order valence-electron chi connectivity index (χ1n) is 10.8. The maximum atomic E-state index is 13.2. The van der Waals surface area contributed by atoms with E-state index in [0.717, 1.165) is 30.2 Å². The van der Waals surface area contributed by atoms with Gasteiger partial charge in [0.25, 0.3) is 0 Å². The van der Waals surface area contributed by atoms with Gasteiger partial charge in [0.15, 0.2) is 5.69 Å². The summed E-state index contributed by atoms with van der Waals surface area (Å²) >= 11 is 0.880. The molecule has 1 aliphatic rings. The van der Waals surface area contributed by atoms with Crippen LogP contribution in [0.3, 0.4) is 0 Å². The highest BCUT2D eigenvalue weighted by Crippen LogP contribution is 2.42. The van der Waals surface area contributed by atoms with E-state index in [1.165, 1.54) is 11.8 Å². The standard InChI is InChI=1S/C22H26F3N3O5S/c1-5-8-33-20(30)16-12(3)17(21(31)32-4)34-19(16)26-18(29)11(2)10-28-14(13-6-7-13)9-15(27-28)22(23,24)25/h9,11,13H,5-8,10H2,1-4H3,(H,26,29). The molecule has 1 amide bonds. The number of carbonyl (C=O) groups excluding carboxylic acids is 3. The molecule has 0 saturated heterocycles. The van der Waals surface area contributed by atoms with E-state index < -0.39 is 35.6 Å². The number of nitrogens with one attached hydrogen (secondary N) is 1. The first-order chi connectivity index (χ1) is 16.0. The van der Waals surface area contributed by atoms with Crippen LogP contribution in [0.25, 0.3) is 0 Å². The van der Waals surface area contributed by atoms with Gasteiger partial charge in [0.1, 0.15) is 9.88 Å². The molecule has 2 heterocycles. The molecule has 0 radical (unpaired) electrons. The average molecular weight is 502 g/mol. The van der Waals surface area contributed by atoms with Gasteiger partial charge in [-0.25, -0.2) is 9.59 Å². The summed E-state index contributed by atoms with van der Waals surface area (Å²) in [6.45, 7) is 5.02. The Morgan fingerprint density at radius 2 is 1.97 bits per heavy atom. The summed E-state index contributed by atoms with van der Waals surface area (Å²) in [5.74, 6) is -2.66. The Morgan fingerprint density at radius 1 is 1.29 bits per heavy atom. The maximum Gasteiger partial charge on any atom is 0.435 e. The maximum absolute atomic E-state index is 13.2. The lowest BCUT2D eigenvalue weighted by atomic mass is 10.1. The number of hydrogen-bond acceptors (Lipinski definition) is 7. The van der Waals surface area contributed by atoms with Gasteiger partial charge >= 0.3 is 18.1 Å². The van der Waals surface area contributed by atoms with Crippen LogP contribution in [0.5, 0.6) is 0 Å². The smallest absolute Gasteiger partial charge is 0.435 e. The van der Waals surface area contributed by atoms with E-state index in [4.69, 9.17) is 9.47 Å². The van der Waals surface area contributed by atoms with Crippen LogP contribution in [0.15, 0.2) is 6.07 Å². The number of amides is 1. The largest absolute Gasteiger partial charge is 0.465 e.